The summed E-state index contributed by atoms with van der Waals surface area (Å²) in [4.78, 5) is 17.1. The summed E-state index contributed by atoms with van der Waals surface area (Å²) in [7, 11) is 1.91. The molecule has 2 aromatic heterocycles. The number of nitrogens with zero attached hydrogens (tertiary/aromatic N) is 3. The molecule has 5 heteroatoms. The fourth-order valence-electron chi connectivity index (χ4n) is 3.37. The number of piperazine rings is 1. The number of carbonyl (C=O) groups is 1. The number of fused-ring (bicyclic) bond motifs is 1. The van der Waals surface area contributed by atoms with E-state index in [1.54, 1.807) is 6.26 Å². The van der Waals surface area contributed by atoms with Crippen molar-refractivity contribution in [3.63, 3.8) is 0 Å². The zero-order valence-electron chi connectivity index (χ0n) is 13.8. The van der Waals surface area contributed by atoms with Crippen LogP contribution < -0.4 is 0 Å². The molecule has 1 aliphatic heterocycles. The maximum atomic E-state index is 12.8. The van der Waals surface area contributed by atoms with Crippen LogP contribution in [0.1, 0.15) is 16.1 Å². The summed E-state index contributed by atoms with van der Waals surface area (Å²) >= 11 is 0. The molecule has 1 amide bonds. The molecule has 1 saturated heterocycles. The maximum absolute atomic E-state index is 12.8. The van der Waals surface area contributed by atoms with Crippen molar-refractivity contribution in [2.75, 3.05) is 26.2 Å². The van der Waals surface area contributed by atoms with E-state index in [0.717, 1.165) is 43.8 Å². The first-order chi connectivity index (χ1) is 11.7. The molecule has 0 spiro atoms. The second kappa shape index (κ2) is 6.17. The summed E-state index contributed by atoms with van der Waals surface area (Å²) in [6.45, 7) is 4.28. The van der Waals surface area contributed by atoms with Crippen molar-refractivity contribution >= 4 is 17.0 Å². The van der Waals surface area contributed by atoms with Gasteiger partial charge in [0.15, 0.2) is 5.58 Å². The Morgan fingerprint density at radius 2 is 1.83 bits per heavy atom. The van der Waals surface area contributed by atoms with E-state index in [2.05, 4.69) is 29.2 Å². The van der Waals surface area contributed by atoms with Crippen molar-refractivity contribution in [3.05, 3.63) is 60.0 Å². The quantitative estimate of drug-likeness (QED) is 0.744. The molecule has 0 aliphatic carbocycles. The van der Waals surface area contributed by atoms with Gasteiger partial charge in [-0.1, -0.05) is 30.3 Å². The largest absolute Gasteiger partial charge is 0.463 e. The third kappa shape index (κ3) is 2.71. The second-order valence-electron chi connectivity index (χ2n) is 6.31. The van der Waals surface area contributed by atoms with Crippen LogP contribution in [0.25, 0.3) is 11.1 Å². The molecule has 0 atom stereocenters. The van der Waals surface area contributed by atoms with Crippen LogP contribution in [0.2, 0.25) is 0 Å². The molecule has 3 heterocycles. The highest BCUT2D eigenvalue weighted by Crippen LogP contribution is 2.21. The van der Waals surface area contributed by atoms with Gasteiger partial charge in [0.2, 0.25) is 0 Å². The Morgan fingerprint density at radius 1 is 1.08 bits per heavy atom. The predicted octanol–water partition coefficient (Wildman–Crippen LogP) is 2.73. The highest BCUT2D eigenvalue weighted by atomic mass is 16.3. The van der Waals surface area contributed by atoms with Crippen molar-refractivity contribution in [1.29, 1.82) is 0 Å². The van der Waals surface area contributed by atoms with E-state index in [1.807, 2.05) is 34.7 Å². The molecule has 3 aromatic rings. The van der Waals surface area contributed by atoms with Crippen LogP contribution in [0.5, 0.6) is 0 Å². The number of benzene rings is 1. The lowest BCUT2D eigenvalue weighted by molar-refractivity contribution is 0.0619. The summed E-state index contributed by atoms with van der Waals surface area (Å²) in [5, 5.41) is 0. The van der Waals surface area contributed by atoms with Gasteiger partial charge in [-0.25, -0.2) is 0 Å². The Labute approximate surface area is 141 Å². The monoisotopic (exact) mass is 323 g/mol. The molecule has 0 radical (unpaired) electrons. The number of rotatable bonds is 3. The average molecular weight is 323 g/mol. The fraction of sp³-hybridized carbons (Fsp3) is 0.316. The third-order valence-electron chi connectivity index (χ3n) is 4.79. The van der Waals surface area contributed by atoms with E-state index < -0.39 is 0 Å². The van der Waals surface area contributed by atoms with Gasteiger partial charge in [0.1, 0.15) is 5.69 Å². The Bertz CT molecular complexity index is 842. The van der Waals surface area contributed by atoms with Crippen LogP contribution in [0.15, 0.2) is 53.1 Å². The zero-order chi connectivity index (χ0) is 16.5. The SMILES string of the molecule is Cn1c(C(=O)N2CCN(Cc3ccccc3)CC2)cc2occc21. The Kier molecular flexibility index (Phi) is 3.86. The van der Waals surface area contributed by atoms with Crippen LogP contribution in [-0.4, -0.2) is 46.5 Å². The summed E-state index contributed by atoms with van der Waals surface area (Å²) in [5.41, 5.74) is 3.74. The van der Waals surface area contributed by atoms with E-state index in [4.69, 9.17) is 4.42 Å². The zero-order valence-corrected chi connectivity index (χ0v) is 13.8. The van der Waals surface area contributed by atoms with Crippen molar-refractivity contribution < 1.29 is 9.21 Å². The smallest absolute Gasteiger partial charge is 0.270 e. The van der Waals surface area contributed by atoms with Crippen molar-refractivity contribution in [2.45, 2.75) is 6.54 Å². The van der Waals surface area contributed by atoms with Gasteiger partial charge in [0.25, 0.3) is 5.91 Å². The Morgan fingerprint density at radius 3 is 2.54 bits per heavy atom. The molecule has 0 N–H and O–H groups in total. The molecule has 0 bridgehead atoms. The number of hydrogen-bond donors (Lipinski definition) is 0. The van der Waals surface area contributed by atoms with Gasteiger partial charge >= 0.3 is 0 Å². The maximum Gasteiger partial charge on any atom is 0.270 e. The topological polar surface area (TPSA) is 41.6 Å². The van der Waals surface area contributed by atoms with Gasteiger partial charge in [-0.05, 0) is 5.56 Å². The standard InChI is InChI=1S/C19H21N3O2/c1-20-16-7-12-24-18(16)13-17(20)19(23)22-10-8-21(9-11-22)14-15-5-3-2-4-6-15/h2-7,12-13H,8-11,14H2,1H3. The van der Waals surface area contributed by atoms with Gasteiger partial charge in [-0.2, -0.15) is 0 Å². The highest BCUT2D eigenvalue weighted by molar-refractivity contribution is 5.97. The van der Waals surface area contributed by atoms with Crippen LogP contribution in [0, 0.1) is 0 Å². The molecule has 1 aliphatic rings. The average Bonchev–Trinajstić information content (AvgIpc) is 3.19. The minimum Gasteiger partial charge on any atom is -0.463 e. The van der Waals surface area contributed by atoms with Crippen LogP contribution >= 0.6 is 0 Å². The number of amides is 1. The summed E-state index contributed by atoms with van der Waals surface area (Å²) in [5.74, 6) is 0.0864. The molecule has 124 valence electrons. The Balaban J connectivity index is 1.41. The van der Waals surface area contributed by atoms with Crippen LogP contribution in [-0.2, 0) is 13.6 Å². The number of furan rings is 1. The number of carbonyl (C=O) groups excluding carboxylic acids is 1. The molecule has 24 heavy (non-hydrogen) atoms. The molecule has 0 saturated carbocycles. The number of aryl methyl sites for hydroxylation is 1. The molecule has 1 fully saturated rings. The first kappa shape index (κ1) is 15.0. The van der Waals surface area contributed by atoms with E-state index >= 15 is 0 Å². The number of aromatic nitrogens is 1. The minimum atomic E-state index is 0.0864. The lowest BCUT2D eigenvalue weighted by Gasteiger charge is -2.34. The van der Waals surface area contributed by atoms with Crippen LogP contribution in [0.3, 0.4) is 0 Å². The normalized spacial score (nSPS) is 16.0. The van der Waals surface area contributed by atoms with E-state index in [1.165, 1.54) is 5.56 Å². The van der Waals surface area contributed by atoms with E-state index in [0.29, 0.717) is 5.69 Å². The van der Waals surface area contributed by atoms with Crippen LogP contribution in [0.4, 0.5) is 0 Å². The molecule has 1 aromatic carbocycles. The molecule has 0 unspecified atom stereocenters. The van der Waals surface area contributed by atoms with Crippen molar-refractivity contribution in [3.8, 4) is 0 Å². The fourth-order valence-corrected chi connectivity index (χ4v) is 3.37. The lowest BCUT2D eigenvalue weighted by atomic mass is 10.2. The predicted molar refractivity (Wildman–Crippen MR) is 92.8 cm³/mol. The van der Waals surface area contributed by atoms with Crippen molar-refractivity contribution in [1.82, 2.24) is 14.4 Å². The lowest BCUT2D eigenvalue weighted by Crippen LogP contribution is -2.48. The van der Waals surface area contributed by atoms with Crippen molar-refractivity contribution in [2.24, 2.45) is 7.05 Å². The molecular weight excluding hydrogens is 302 g/mol. The first-order valence-electron chi connectivity index (χ1n) is 8.31. The summed E-state index contributed by atoms with van der Waals surface area (Å²) in [6.07, 6.45) is 1.65. The van der Waals surface area contributed by atoms with E-state index in [9.17, 15) is 4.79 Å². The van der Waals surface area contributed by atoms with Gasteiger partial charge < -0.3 is 13.9 Å². The minimum absolute atomic E-state index is 0.0864. The van der Waals surface area contributed by atoms with Gasteiger partial charge in [0.05, 0.1) is 11.8 Å². The van der Waals surface area contributed by atoms with Gasteiger partial charge in [0, 0.05) is 51.9 Å². The Hall–Kier alpha value is -2.53. The molecule has 5 nitrogen and oxygen atoms in total. The summed E-state index contributed by atoms with van der Waals surface area (Å²) < 4.78 is 7.31. The summed E-state index contributed by atoms with van der Waals surface area (Å²) in [6, 6.07) is 14.2. The second-order valence-corrected chi connectivity index (χ2v) is 6.31. The van der Waals surface area contributed by atoms with Gasteiger partial charge in [-0.3, -0.25) is 9.69 Å². The van der Waals surface area contributed by atoms with Gasteiger partial charge in [-0.15, -0.1) is 0 Å². The number of hydrogen-bond acceptors (Lipinski definition) is 3. The third-order valence-corrected chi connectivity index (χ3v) is 4.79. The van der Waals surface area contributed by atoms with E-state index in [-0.39, 0.29) is 5.91 Å². The first-order valence-corrected chi connectivity index (χ1v) is 8.31. The highest BCUT2D eigenvalue weighted by Gasteiger charge is 2.25. The molecular formula is C19H21N3O2. The molecule has 4 rings (SSSR count).